The standard InChI is InChI=1S/C13H10BrNO4S/c14-8-1-3-9(4-2-8)19-7-11(16)15-12-10(13(17)18)5-6-20-12/h1-6H,7H2,(H,15,16)(H,17,18). The molecule has 0 unspecified atom stereocenters. The van der Waals surface area contributed by atoms with E-state index in [2.05, 4.69) is 21.2 Å². The molecule has 7 heteroatoms. The number of thiophene rings is 1. The van der Waals surface area contributed by atoms with Crippen molar-refractivity contribution in [1.82, 2.24) is 0 Å². The number of hydrogen-bond acceptors (Lipinski definition) is 4. The van der Waals surface area contributed by atoms with Gasteiger partial charge in [-0.15, -0.1) is 11.3 Å². The summed E-state index contributed by atoms with van der Waals surface area (Å²) in [7, 11) is 0. The smallest absolute Gasteiger partial charge is 0.338 e. The number of amides is 1. The fourth-order valence-corrected chi connectivity index (χ4v) is 2.48. The molecule has 104 valence electrons. The van der Waals surface area contributed by atoms with E-state index in [4.69, 9.17) is 9.84 Å². The molecular weight excluding hydrogens is 346 g/mol. The van der Waals surface area contributed by atoms with Gasteiger partial charge < -0.3 is 15.2 Å². The Balaban J connectivity index is 1.91. The topological polar surface area (TPSA) is 75.6 Å². The van der Waals surface area contributed by atoms with Crippen LogP contribution in [-0.2, 0) is 4.79 Å². The number of carbonyl (C=O) groups is 2. The van der Waals surface area contributed by atoms with Crippen LogP contribution in [0.15, 0.2) is 40.2 Å². The minimum absolute atomic E-state index is 0.0759. The number of carboxylic acid groups (broad SMARTS) is 1. The molecule has 20 heavy (non-hydrogen) atoms. The molecule has 0 saturated carbocycles. The first-order valence-electron chi connectivity index (χ1n) is 5.55. The second-order valence-electron chi connectivity index (χ2n) is 3.76. The summed E-state index contributed by atoms with van der Waals surface area (Å²) >= 11 is 4.45. The lowest BCUT2D eigenvalue weighted by Gasteiger charge is -2.07. The van der Waals surface area contributed by atoms with Crippen molar-refractivity contribution in [2.45, 2.75) is 0 Å². The Morgan fingerprint density at radius 3 is 2.60 bits per heavy atom. The van der Waals surface area contributed by atoms with Gasteiger partial charge in [0.15, 0.2) is 6.61 Å². The molecule has 1 aromatic carbocycles. The van der Waals surface area contributed by atoms with E-state index in [1.165, 1.54) is 6.07 Å². The molecule has 2 aromatic rings. The van der Waals surface area contributed by atoms with Crippen molar-refractivity contribution in [2.24, 2.45) is 0 Å². The molecule has 1 heterocycles. The van der Waals surface area contributed by atoms with Gasteiger partial charge in [0, 0.05) is 4.47 Å². The molecule has 2 rings (SSSR count). The molecule has 0 atom stereocenters. The number of nitrogens with one attached hydrogen (secondary N) is 1. The molecule has 0 saturated heterocycles. The summed E-state index contributed by atoms with van der Waals surface area (Å²) in [6.45, 7) is -0.182. The molecule has 0 aliphatic carbocycles. The Morgan fingerprint density at radius 2 is 1.95 bits per heavy atom. The Morgan fingerprint density at radius 1 is 1.25 bits per heavy atom. The highest BCUT2D eigenvalue weighted by Gasteiger charge is 2.14. The van der Waals surface area contributed by atoms with Gasteiger partial charge in [-0.05, 0) is 35.7 Å². The van der Waals surface area contributed by atoms with Crippen LogP contribution in [-0.4, -0.2) is 23.6 Å². The Bertz CT molecular complexity index is 624. The van der Waals surface area contributed by atoms with Crippen molar-refractivity contribution in [3.63, 3.8) is 0 Å². The highest BCUT2D eigenvalue weighted by atomic mass is 79.9. The number of halogens is 1. The molecule has 1 amide bonds. The number of benzene rings is 1. The van der Waals surface area contributed by atoms with Crippen LogP contribution in [0.3, 0.4) is 0 Å². The largest absolute Gasteiger partial charge is 0.484 e. The lowest BCUT2D eigenvalue weighted by molar-refractivity contribution is -0.118. The van der Waals surface area contributed by atoms with E-state index in [-0.39, 0.29) is 12.2 Å². The maximum Gasteiger partial charge on any atom is 0.338 e. The van der Waals surface area contributed by atoms with Crippen LogP contribution in [0.4, 0.5) is 5.00 Å². The molecule has 1 aromatic heterocycles. The Kier molecular flexibility index (Phi) is 4.75. The van der Waals surface area contributed by atoms with Crippen LogP contribution in [0.25, 0.3) is 0 Å². The van der Waals surface area contributed by atoms with Crippen molar-refractivity contribution >= 4 is 44.1 Å². The zero-order valence-electron chi connectivity index (χ0n) is 10.1. The summed E-state index contributed by atoms with van der Waals surface area (Å²) in [5.41, 5.74) is 0.0759. The second kappa shape index (κ2) is 6.53. The number of carboxylic acids is 1. The second-order valence-corrected chi connectivity index (χ2v) is 5.59. The van der Waals surface area contributed by atoms with Gasteiger partial charge in [-0.1, -0.05) is 15.9 Å². The predicted octanol–water partition coefficient (Wildman–Crippen LogP) is 3.23. The molecule has 5 nitrogen and oxygen atoms in total. The van der Waals surface area contributed by atoms with Gasteiger partial charge in [0.25, 0.3) is 5.91 Å². The molecule has 0 aliphatic heterocycles. The van der Waals surface area contributed by atoms with Crippen molar-refractivity contribution in [3.8, 4) is 5.75 Å². The molecule has 2 N–H and O–H groups in total. The van der Waals surface area contributed by atoms with Crippen molar-refractivity contribution in [1.29, 1.82) is 0 Å². The van der Waals surface area contributed by atoms with E-state index in [1.54, 1.807) is 29.6 Å². The highest BCUT2D eigenvalue weighted by Crippen LogP contribution is 2.23. The van der Waals surface area contributed by atoms with E-state index in [1.807, 2.05) is 0 Å². The Labute approximate surface area is 127 Å². The van der Waals surface area contributed by atoms with Crippen LogP contribution >= 0.6 is 27.3 Å². The maximum absolute atomic E-state index is 11.7. The molecule has 0 bridgehead atoms. The monoisotopic (exact) mass is 355 g/mol. The Hall–Kier alpha value is -1.86. The first kappa shape index (κ1) is 14.5. The van der Waals surface area contributed by atoms with Gasteiger partial charge >= 0.3 is 5.97 Å². The number of carbonyl (C=O) groups excluding carboxylic acids is 1. The van der Waals surface area contributed by atoms with Crippen LogP contribution in [0.5, 0.6) is 5.75 Å². The summed E-state index contributed by atoms with van der Waals surface area (Å²) in [6.07, 6.45) is 0. The number of aromatic carboxylic acids is 1. The van der Waals surface area contributed by atoms with E-state index >= 15 is 0 Å². The fourth-order valence-electron chi connectivity index (χ4n) is 1.42. The van der Waals surface area contributed by atoms with Crippen molar-refractivity contribution < 1.29 is 19.4 Å². The summed E-state index contributed by atoms with van der Waals surface area (Å²) in [6, 6.07) is 8.50. The number of rotatable bonds is 5. The van der Waals surface area contributed by atoms with E-state index in [0.29, 0.717) is 10.8 Å². The zero-order valence-corrected chi connectivity index (χ0v) is 12.5. The third kappa shape index (κ3) is 3.82. The van der Waals surface area contributed by atoms with Gasteiger partial charge in [0.2, 0.25) is 0 Å². The molecule has 0 fully saturated rings. The van der Waals surface area contributed by atoms with Gasteiger partial charge in [-0.25, -0.2) is 4.79 Å². The van der Waals surface area contributed by atoms with Crippen LogP contribution in [0, 0.1) is 0 Å². The molecule has 0 spiro atoms. The zero-order chi connectivity index (χ0) is 14.5. The van der Waals surface area contributed by atoms with Crippen LogP contribution in [0.2, 0.25) is 0 Å². The quantitative estimate of drug-likeness (QED) is 0.863. The fraction of sp³-hybridized carbons (Fsp3) is 0.0769. The third-order valence-electron chi connectivity index (χ3n) is 2.33. The number of anilines is 1. The van der Waals surface area contributed by atoms with Crippen LogP contribution in [0.1, 0.15) is 10.4 Å². The van der Waals surface area contributed by atoms with Gasteiger partial charge in [0.1, 0.15) is 10.8 Å². The molecular formula is C13H10BrNO4S. The summed E-state index contributed by atoms with van der Waals surface area (Å²) < 4.78 is 6.21. The first-order chi connectivity index (χ1) is 9.56. The maximum atomic E-state index is 11.7. The lowest BCUT2D eigenvalue weighted by atomic mass is 10.3. The minimum Gasteiger partial charge on any atom is -0.484 e. The summed E-state index contributed by atoms with van der Waals surface area (Å²) in [4.78, 5) is 22.6. The van der Waals surface area contributed by atoms with Gasteiger partial charge in [0.05, 0.1) is 5.56 Å². The normalized spacial score (nSPS) is 10.1. The highest BCUT2D eigenvalue weighted by molar-refractivity contribution is 9.10. The van der Waals surface area contributed by atoms with Crippen molar-refractivity contribution in [2.75, 3.05) is 11.9 Å². The van der Waals surface area contributed by atoms with Crippen LogP contribution < -0.4 is 10.1 Å². The lowest BCUT2D eigenvalue weighted by Crippen LogP contribution is -2.20. The average Bonchev–Trinajstić information content (AvgIpc) is 2.86. The third-order valence-corrected chi connectivity index (χ3v) is 3.69. The van der Waals surface area contributed by atoms with E-state index < -0.39 is 11.9 Å². The van der Waals surface area contributed by atoms with Crippen molar-refractivity contribution in [3.05, 3.63) is 45.7 Å². The van der Waals surface area contributed by atoms with E-state index in [0.717, 1.165) is 15.8 Å². The number of hydrogen-bond donors (Lipinski definition) is 2. The number of ether oxygens (including phenoxy) is 1. The van der Waals surface area contributed by atoms with Gasteiger partial charge in [-0.3, -0.25) is 4.79 Å². The first-order valence-corrected chi connectivity index (χ1v) is 7.22. The molecule has 0 aliphatic rings. The summed E-state index contributed by atoms with van der Waals surface area (Å²) in [5, 5.41) is 13.4. The SMILES string of the molecule is O=C(COc1ccc(Br)cc1)Nc1sccc1C(=O)O. The van der Waals surface area contributed by atoms with E-state index in [9.17, 15) is 9.59 Å². The van der Waals surface area contributed by atoms with Gasteiger partial charge in [-0.2, -0.15) is 0 Å². The summed E-state index contributed by atoms with van der Waals surface area (Å²) in [5.74, 6) is -0.916. The minimum atomic E-state index is -1.07. The predicted molar refractivity (Wildman–Crippen MR) is 79.5 cm³/mol. The molecule has 0 radical (unpaired) electrons. The average molecular weight is 356 g/mol.